The molecule has 4 rings (SSSR count). The average molecular weight is 433 g/mol. The predicted octanol–water partition coefficient (Wildman–Crippen LogP) is 2.67. The lowest BCUT2D eigenvalue weighted by atomic mass is 10.1. The molecule has 0 atom stereocenters. The standard InChI is InChI=1S/C24H23N3O5/c1-31-17-10-11-21(32-2)19(14-17)25-22(28)15-26-12-13-27(24(30)23(26)29)20-9-5-7-16-6-3-4-8-18(16)20/h3-11,14H,12-13,15H2,1-2H3,(H,25,28). The first kappa shape index (κ1) is 21.2. The first-order valence-electron chi connectivity index (χ1n) is 10.1. The fourth-order valence-electron chi connectivity index (χ4n) is 3.77. The van der Waals surface area contributed by atoms with Crippen molar-refractivity contribution in [2.45, 2.75) is 0 Å². The third-order valence-corrected chi connectivity index (χ3v) is 5.38. The predicted molar refractivity (Wildman–Crippen MR) is 121 cm³/mol. The molecule has 0 saturated carbocycles. The highest BCUT2D eigenvalue weighted by molar-refractivity contribution is 6.41. The van der Waals surface area contributed by atoms with Gasteiger partial charge in [-0.15, -0.1) is 0 Å². The van der Waals surface area contributed by atoms with Crippen molar-refractivity contribution < 1.29 is 23.9 Å². The fourth-order valence-corrected chi connectivity index (χ4v) is 3.77. The zero-order valence-electron chi connectivity index (χ0n) is 17.8. The molecule has 0 aliphatic carbocycles. The summed E-state index contributed by atoms with van der Waals surface area (Å²) in [6.45, 7) is 0.305. The van der Waals surface area contributed by atoms with E-state index in [0.717, 1.165) is 10.8 Å². The Morgan fingerprint density at radius 2 is 1.72 bits per heavy atom. The van der Waals surface area contributed by atoms with Gasteiger partial charge in [0.1, 0.15) is 18.0 Å². The van der Waals surface area contributed by atoms with E-state index >= 15 is 0 Å². The molecular weight excluding hydrogens is 410 g/mol. The number of amides is 3. The number of nitrogens with zero attached hydrogens (tertiary/aromatic N) is 2. The highest BCUT2D eigenvalue weighted by Crippen LogP contribution is 2.30. The largest absolute Gasteiger partial charge is 0.497 e. The highest BCUT2D eigenvalue weighted by Gasteiger charge is 2.35. The Morgan fingerprint density at radius 3 is 2.50 bits per heavy atom. The summed E-state index contributed by atoms with van der Waals surface area (Å²) in [5.74, 6) is -0.786. The van der Waals surface area contributed by atoms with E-state index in [-0.39, 0.29) is 13.1 Å². The van der Waals surface area contributed by atoms with Gasteiger partial charge in [-0.2, -0.15) is 0 Å². The number of hydrogen-bond donors (Lipinski definition) is 1. The molecule has 0 bridgehead atoms. The van der Waals surface area contributed by atoms with E-state index in [9.17, 15) is 14.4 Å². The molecule has 164 valence electrons. The second-order valence-electron chi connectivity index (χ2n) is 7.30. The second-order valence-corrected chi connectivity index (χ2v) is 7.30. The van der Waals surface area contributed by atoms with Crippen LogP contribution in [-0.4, -0.2) is 56.5 Å². The number of piperazine rings is 1. The van der Waals surface area contributed by atoms with Crippen LogP contribution in [0, 0.1) is 0 Å². The van der Waals surface area contributed by atoms with Gasteiger partial charge >= 0.3 is 11.8 Å². The van der Waals surface area contributed by atoms with Gasteiger partial charge in [-0.25, -0.2) is 0 Å². The normalized spacial score (nSPS) is 13.9. The maximum Gasteiger partial charge on any atom is 0.316 e. The van der Waals surface area contributed by atoms with Crippen LogP contribution in [0.25, 0.3) is 10.8 Å². The van der Waals surface area contributed by atoms with E-state index in [1.54, 1.807) is 18.2 Å². The van der Waals surface area contributed by atoms with Crippen molar-refractivity contribution in [1.29, 1.82) is 0 Å². The highest BCUT2D eigenvalue weighted by atomic mass is 16.5. The second kappa shape index (κ2) is 8.97. The van der Waals surface area contributed by atoms with Crippen LogP contribution in [0.3, 0.4) is 0 Å². The first-order chi connectivity index (χ1) is 15.5. The number of hydrogen-bond acceptors (Lipinski definition) is 5. The van der Waals surface area contributed by atoms with E-state index in [1.165, 1.54) is 24.0 Å². The van der Waals surface area contributed by atoms with Crippen molar-refractivity contribution in [2.75, 3.05) is 44.1 Å². The number of nitrogens with one attached hydrogen (secondary N) is 1. The van der Waals surface area contributed by atoms with Gasteiger partial charge in [-0.05, 0) is 23.6 Å². The SMILES string of the molecule is COc1ccc(OC)c(NC(=O)CN2CCN(c3cccc4ccccc34)C(=O)C2=O)c1. The molecular formula is C24H23N3O5. The quantitative estimate of drug-likeness (QED) is 0.604. The van der Waals surface area contributed by atoms with Gasteiger partial charge in [0.05, 0.1) is 25.6 Å². The summed E-state index contributed by atoms with van der Waals surface area (Å²) < 4.78 is 10.4. The summed E-state index contributed by atoms with van der Waals surface area (Å²) >= 11 is 0. The molecule has 8 heteroatoms. The Labute approximate surface area is 185 Å². The maximum atomic E-state index is 12.9. The first-order valence-corrected chi connectivity index (χ1v) is 10.1. The molecule has 1 aliphatic rings. The Hall–Kier alpha value is -4.07. The van der Waals surface area contributed by atoms with Crippen molar-refractivity contribution in [3.8, 4) is 11.5 Å². The Balaban J connectivity index is 1.47. The van der Waals surface area contributed by atoms with E-state index in [4.69, 9.17) is 9.47 Å². The number of anilines is 2. The number of carbonyl (C=O) groups excluding carboxylic acids is 3. The Kier molecular flexibility index (Phi) is 5.93. The number of rotatable bonds is 6. The molecule has 0 spiro atoms. The number of methoxy groups -OCH3 is 2. The molecule has 1 heterocycles. The minimum atomic E-state index is -0.711. The zero-order chi connectivity index (χ0) is 22.7. The van der Waals surface area contributed by atoms with Gasteiger partial charge in [0.15, 0.2) is 0 Å². The Morgan fingerprint density at radius 1 is 0.938 bits per heavy atom. The minimum Gasteiger partial charge on any atom is -0.497 e. The van der Waals surface area contributed by atoms with E-state index in [0.29, 0.717) is 29.4 Å². The van der Waals surface area contributed by atoms with Crippen molar-refractivity contribution in [1.82, 2.24) is 4.90 Å². The van der Waals surface area contributed by atoms with E-state index < -0.39 is 17.7 Å². The monoisotopic (exact) mass is 433 g/mol. The smallest absolute Gasteiger partial charge is 0.316 e. The molecule has 1 aliphatic heterocycles. The molecule has 0 unspecified atom stereocenters. The lowest BCUT2D eigenvalue weighted by Crippen LogP contribution is -2.56. The molecule has 3 aromatic rings. The Bertz CT molecular complexity index is 1190. The van der Waals surface area contributed by atoms with Crippen LogP contribution in [-0.2, 0) is 14.4 Å². The molecule has 32 heavy (non-hydrogen) atoms. The summed E-state index contributed by atoms with van der Waals surface area (Å²) in [6.07, 6.45) is 0. The number of benzene rings is 3. The third kappa shape index (κ3) is 4.07. The number of carbonyl (C=O) groups is 3. The van der Waals surface area contributed by atoms with Gasteiger partial charge in [0.25, 0.3) is 0 Å². The van der Waals surface area contributed by atoms with Crippen LogP contribution in [0.5, 0.6) is 11.5 Å². The van der Waals surface area contributed by atoms with Crippen LogP contribution < -0.4 is 19.7 Å². The van der Waals surface area contributed by atoms with Crippen LogP contribution in [0.2, 0.25) is 0 Å². The van der Waals surface area contributed by atoms with Crippen LogP contribution in [0.1, 0.15) is 0 Å². The molecule has 3 aromatic carbocycles. The summed E-state index contributed by atoms with van der Waals surface area (Å²) in [7, 11) is 3.01. The number of ether oxygens (including phenoxy) is 2. The van der Waals surface area contributed by atoms with Gasteiger partial charge < -0.3 is 24.6 Å². The summed E-state index contributed by atoms with van der Waals surface area (Å²) in [4.78, 5) is 41.0. The van der Waals surface area contributed by atoms with Crippen LogP contribution in [0.15, 0.2) is 60.7 Å². The lowest BCUT2D eigenvalue weighted by Gasteiger charge is -2.34. The fraction of sp³-hybridized carbons (Fsp3) is 0.208. The van der Waals surface area contributed by atoms with Crippen LogP contribution in [0.4, 0.5) is 11.4 Å². The molecule has 0 aromatic heterocycles. The van der Waals surface area contributed by atoms with E-state index in [1.807, 2.05) is 42.5 Å². The van der Waals surface area contributed by atoms with Crippen LogP contribution >= 0.6 is 0 Å². The topological polar surface area (TPSA) is 88.2 Å². The lowest BCUT2D eigenvalue weighted by molar-refractivity contribution is -0.147. The average Bonchev–Trinajstić information content (AvgIpc) is 2.82. The minimum absolute atomic E-state index is 0.242. The molecule has 8 nitrogen and oxygen atoms in total. The van der Waals surface area contributed by atoms with Gasteiger partial charge in [-0.1, -0.05) is 36.4 Å². The van der Waals surface area contributed by atoms with Crippen molar-refractivity contribution in [2.24, 2.45) is 0 Å². The molecule has 1 fully saturated rings. The summed E-state index contributed by atoms with van der Waals surface area (Å²) in [6, 6.07) is 18.3. The van der Waals surface area contributed by atoms with Crippen molar-refractivity contribution in [3.63, 3.8) is 0 Å². The molecule has 3 amide bonds. The zero-order valence-corrected chi connectivity index (χ0v) is 17.8. The summed E-state index contributed by atoms with van der Waals surface area (Å²) in [5.41, 5.74) is 1.11. The van der Waals surface area contributed by atoms with E-state index in [2.05, 4.69) is 5.32 Å². The molecule has 1 saturated heterocycles. The van der Waals surface area contributed by atoms with Gasteiger partial charge in [0, 0.05) is 24.5 Å². The summed E-state index contributed by atoms with van der Waals surface area (Å²) in [5, 5.41) is 4.60. The van der Waals surface area contributed by atoms with Crippen molar-refractivity contribution in [3.05, 3.63) is 60.7 Å². The van der Waals surface area contributed by atoms with Gasteiger partial charge in [0.2, 0.25) is 5.91 Å². The third-order valence-electron chi connectivity index (χ3n) is 5.38. The number of fused-ring (bicyclic) bond motifs is 1. The van der Waals surface area contributed by atoms with Crippen molar-refractivity contribution >= 4 is 39.9 Å². The molecule has 1 N–H and O–H groups in total. The molecule has 0 radical (unpaired) electrons. The van der Waals surface area contributed by atoms with Gasteiger partial charge in [-0.3, -0.25) is 14.4 Å². The maximum absolute atomic E-state index is 12.9.